The lowest BCUT2D eigenvalue weighted by atomic mass is 10.1. The number of nitrogens with two attached hydrogens (primary N) is 1. The summed E-state index contributed by atoms with van der Waals surface area (Å²) in [6.45, 7) is 1.55. The van der Waals surface area contributed by atoms with Crippen LogP contribution in [0.2, 0.25) is 0 Å². The minimum Gasteiger partial charge on any atom is -0.472 e. The second-order valence-electron chi connectivity index (χ2n) is 8.27. The van der Waals surface area contributed by atoms with E-state index in [4.69, 9.17) is 20.1 Å². The van der Waals surface area contributed by atoms with Gasteiger partial charge in [0.05, 0.1) is 47.8 Å². The standard InChI is InChI=1S/C23H18N10O/c24-13-9-33(10-13)19-8-25-6-18(28-19)16-5-14-17(7-27-16)31-32-21(14)23-29-15-1-3-26-20(22(15)30-23)12-2-4-34-11-12/h1-8,11,13H,9-10,24H2,(H,29,30)(H,31,32). The number of fused-ring (bicyclic) bond motifs is 2. The molecule has 1 aliphatic rings. The average molecular weight is 450 g/mol. The minimum absolute atomic E-state index is 0.182. The molecule has 0 atom stereocenters. The fourth-order valence-corrected chi connectivity index (χ4v) is 4.23. The van der Waals surface area contributed by atoms with Gasteiger partial charge in [-0.2, -0.15) is 5.10 Å². The lowest BCUT2D eigenvalue weighted by Gasteiger charge is -2.37. The number of hydrogen-bond acceptors (Lipinski definition) is 9. The molecule has 6 aromatic heterocycles. The molecule has 166 valence electrons. The normalized spacial score (nSPS) is 14.2. The first-order valence-electron chi connectivity index (χ1n) is 10.8. The number of aromatic nitrogens is 8. The van der Waals surface area contributed by atoms with Gasteiger partial charge in [-0.1, -0.05) is 0 Å². The van der Waals surface area contributed by atoms with Crippen molar-refractivity contribution in [2.45, 2.75) is 6.04 Å². The highest BCUT2D eigenvalue weighted by Crippen LogP contribution is 2.31. The third kappa shape index (κ3) is 2.94. The van der Waals surface area contributed by atoms with E-state index in [2.05, 4.69) is 35.0 Å². The van der Waals surface area contributed by atoms with Crippen LogP contribution in [0.25, 0.3) is 56.1 Å². The summed E-state index contributed by atoms with van der Waals surface area (Å²) in [6.07, 6.45) is 10.2. The van der Waals surface area contributed by atoms with Gasteiger partial charge < -0.3 is 20.0 Å². The minimum atomic E-state index is 0.182. The summed E-state index contributed by atoms with van der Waals surface area (Å²) in [6, 6.07) is 5.88. The predicted molar refractivity (Wildman–Crippen MR) is 126 cm³/mol. The van der Waals surface area contributed by atoms with Crippen molar-refractivity contribution < 1.29 is 4.42 Å². The summed E-state index contributed by atoms with van der Waals surface area (Å²) in [7, 11) is 0. The summed E-state index contributed by atoms with van der Waals surface area (Å²) in [5, 5.41) is 8.43. The molecule has 1 fully saturated rings. The number of nitrogens with one attached hydrogen (secondary N) is 2. The molecule has 0 saturated carbocycles. The Morgan fingerprint density at radius 3 is 2.79 bits per heavy atom. The molecule has 6 aromatic rings. The molecule has 0 spiro atoms. The van der Waals surface area contributed by atoms with Crippen LogP contribution < -0.4 is 10.6 Å². The van der Waals surface area contributed by atoms with Crippen LogP contribution in [0, 0.1) is 0 Å². The van der Waals surface area contributed by atoms with E-state index in [1.54, 1.807) is 37.3 Å². The number of furan rings is 1. The number of H-pyrrole nitrogens is 2. The first-order valence-corrected chi connectivity index (χ1v) is 10.8. The smallest absolute Gasteiger partial charge is 0.159 e. The summed E-state index contributed by atoms with van der Waals surface area (Å²) in [4.78, 5) is 28.4. The Balaban J connectivity index is 1.31. The lowest BCUT2D eigenvalue weighted by Crippen LogP contribution is -2.56. The number of aromatic amines is 2. The van der Waals surface area contributed by atoms with Crippen LogP contribution in [0.1, 0.15) is 0 Å². The second-order valence-corrected chi connectivity index (χ2v) is 8.27. The van der Waals surface area contributed by atoms with Gasteiger partial charge in [-0.05, 0) is 18.2 Å². The van der Waals surface area contributed by atoms with Crippen molar-refractivity contribution in [3.63, 3.8) is 0 Å². The van der Waals surface area contributed by atoms with E-state index >= 15 is 0 Å². The number of hydrogen-bond donors (Lipinski definition) is 3. The molecule has 1 aliphatic heterocycles. The molecule has 0 aromatic carbocycles. The van der Waals surface area contributed by atoms with Crippen LogP contribution in [0.3, 0.4) is 0 Å². The van der Waals surface area contributed by atoms with Crippen LogP contribution in [0.5, 0.6) is 0 Å². The Hall–Kier alpha value is -4.64. The molecule has 0 bridgehead atoms. The molecule has 0 aliphatic carbocycles. The lowest BCUT2D eigenvalue weighted by molar-refractivity contribution is 0.514. The Bertz CT molecular complexity index is 1650. The number of imidazole rings is 1. The molecular weight excluding hydrogens is 432 g/mol. The van der Waals surface area contributed by atoms with Crippen molar-refractivity contribution in [3.8, 4) is 34.2 Å². The largest absolute Gasteiger partial charge is 0.472 e. The number of rotatable bonds is 4. The molecule has 11 nitrogen and oxygen atoms in total. The van der Waals surface area contributed by atoms with Crippen LogP contribution in [0.15, 0.2) is 59.9 Å². The summed E-state index contributed by atoms with van der Waals surface area (Å²) >= 11 is 0. The third-order valence-corrected chi connectivity index (χ3v) is 5.99. The van der Waals surface area contributed by atoms with Gasteiger partial charge in [0.25, 0.3) is 0 Å². The van der Waals surface area contributed by atoms with Crippen molar-refractivity contribution in [1.29, 1.82) is 0 Å². The summed E-state index contributed by atoms with van der Waals surface area (Å²) in [5.74, 6) is 1.43. The van der Waals surface area contributed by atoms with E-state index in [0.717, 1.165) is 52.1 Å². The van der Waals surface area contributed by atoms with Gasteiger partial charge in [0.2, 0.25) is 0 Å². The van der Waals surface area contributed by atoms with Gasteiger partial charge in [-0.15, -0.1) is 0 Å². The van der Waals surface area contributed by atoms with Crippen LogP contribution in [0.4, 0.5) is 5.82 Å². The molecule has 7 rings (SSSR count). The SMILES string of the molecule is NC1CN(c2cncc(-c3cc4c(-c5nc6c(-c7ccoc7)nccc6[nH]5)n[nH]c4cn3)n2)C1. The van der Waals surface area contributed by atoms with Gasteiger partial charge in [0.1, 0.15) is 28.4 Å². The monoisotopic (exact) mass is 450 g/mol. The topological polar surface area (TPSA) is 151 Å². The Morgan fingerprint density at radius 2 is 1.94 bits per heavy atom. The van der Waals surface area contributed by atoms with Crippen LogP contribution in [-0.2, 0) is 0 Å². The molecule has 0 unspecified atom stereocenters. The fraction of sp³-hybridized carbons (Fsp3) is 0.130. The Morgan fingerprint density at radius 1 is 1.00 bits per heavy atom. The number of anilines is 1. The maximum absolute atomic E-state index is 5.91. The zero-order chi connectivity index (χ0) is 22.6. The maximum Gasteiger partial charge on any atom is 0.159 e. The van der Waals surface area contributed by atoms with Gasteiger partial charge in [0.15, 0.2) is 5.82 Å². The van der Waals surface area contributed by atoms with E-state index in [-0.39, 0.29) is 6.04 Å². The second kappa shape index (κ2) is 7.18. The van der Waals surface area contributed by atoms with E-state index in [1.165, 1.54) is 0 Å². The molecule has 0 radical (unpaired) electrons. The van der Waals surface area contributed by atoms with Crippen molar-refractivity contribution in [1.82, 2.24) is 40.1 Å². The molecular formula is C23H18N10O. The van der Waals surface area contributed by atoms with Gasteiger partial charge >= 0.3 is 0 Å². The zero-order valence-electron chi connectivity index (χ0n) is 17.8. The average Bonchev–Trinajstić information content (AvgIpc) is 3.60. The highest BCUT2D eigenvalue weighted by molar-refractivity contribution is 5.96. The zero-order valence-corrected chi connectivity index (χ0v) is 17.8. The van der Waals surface area contributed by atoms with Gasteiger partial charge in [-0.3, -0.25) is 20.1 Å². The predicted octanol–water partition coefficient (Wildman–Crippen LogP) is 2.76. The Kier molecular flexibility index (Phi) is 3.99. The summed E-state index contributed by atoms with van der Waals surface area (Å²) in [5.41, 5.74) is 12.0. The van der Waals surface area contributed by atoms with Crippen molar-refractivity contribution in [2.75, 3.05) is 18.0 Å². The third-order valence-electron chi connectivity index (χ3n) is 5.99. The molecule has 0 amide bonds. The molecule has 7 heterocycles. The van der Waals surface area contributed by atoms with Crippen LogP contribution >= 0.6 is 0 Å². The quantitative estimate of drug-likeness (QED) is 0.368. The van der Waals surface area contributed by atoms with E-state index in [9.17, 15) is 0 Å². The van der Waals surface area contributed by atoms with E-state index < -0.39 is 0 Å². The molecule has 1 saturated heterocycles. The molecule has 4 N–H and O–H groups in total. The maximum atomic E-state index is 5.91. The number of pyridine rings is 2. The van der Waals surface area contributed by atoms with Crippen molar-refractivity contribution >= 4 is 27.8 Å². The van der Waals surface area contributed by atoms with E-state index in [0.29, 0.717) is 22.9 Å². The van der Waals surface area contributed by atoms with Gasteiger partial charge in [-0.25, -0.2) is 9.97 Å². The first kappa shape index (κ1) is 18.9. The van der Waals surface area contributed by atoms with Crippen LogP contribution in [-0.4, -0.2) is 59.2 Å². The van der Waals surface area contributed by atoms with Crippen molar-refractivity contribution in [2.24, 2.45) is 5.73 Å². The molecule has 34 heavy (non-hydrogen) atoms. The highest BCUT2D eigenvalue weighted by Gasteiger charge is 2.25. The Labute approximate surface area is 192 Å². The highest BCUT2D eigenvalue weighted by atomic mass is 16.3. The first-order chi connectivity index (χ1) is 16.7. The van der Waals surface area contributed by atoms with E-state index in [1.807, 2.05) is 18.2 Å². The van der Waals surface area contributed by atoms with Crippen molar-refractivity contribution in [3.05, 3.63) is 55.5 Å². The number of nitrogens with zero attached hydrogens (tertiary/aromatic N) is 7. The fourth-order valence-electron chi connectivity index (χ4n) is 4.23. The summed E-state index contributed by atoms with van der Waals surface area (Å²) < 4.78 is 5.23. The molecule has 11 heteroatoms. The van der Waals surface area contributed by atoms with Gasteiger partial charge in [0, 0.05) is 36.3 Å².